The smallest absolute Gasteiger partial charge is 0.309 e. The fourth-order valence-electron chi connectivity index (χ4n) is 3.04. The molecule has 1 N–H and O–H groups in total. The molecule has 2 unspecified atom stereocenters. The number of carboxylic acid groups (broad SMARTS) is 1. The number of hydrogen-bond acceptors (Lipinski definition) is 1. The topological polar surface area (TPSA) is 37.3 Å². The van der Waals surface area contributed by atoms with E-state index in [1.807, 2.05) is 25.1 Å². The molecule has 1 saturated carbocycles. The normalized spacial score (nSPS) is 28.2. The van der Waals surface area contributed by atoms with Crippen LogP contribution >= 0.6 is 0 Å². The van der Waals surface area contributed by atoms with Crippen LogP contribution in [0.15, 0.2) is 24.3 Å². The van der Waals surface area contributed by atoms with Crippen molar-refractivity contribution in [1.82, 2.24) is 0 Å². The van der Waals surface area contributed by atoms with Gasteiger partial charge < -0.3 is 5.11 Å². The molecule has 1 aliphatic rings. The highest BCUT2D eigenvalue weighted by Gasteiger charge is 2.43. The number of hydrogen-bond donors (Lipinski definition) is 1. The molecule has 92 valence electrons. The molecule has 0 saturated heterocycles. The van der Waals surface area contributed by atoms with Gasteiger partial charge in [0.2, 0.25) is 0 Å². The predicted molar refractivity (Wildman–Crippen MR) is 68.0 cm³/mol. The Labute approximate surface area is 103 Å². The average molecular weight is 232 g/mol. The maximum atomic E-state index is 11.6. The molecule has 2 rings (SSSR count). The molecule has 0 aromatic heterocycles. The van der Waals surface area contributed by atoms with Gasteiger partial charge in [0.1, 0.15) is 0 Å². The molecule has 0 spiro atoms. The molecule has 0 aliphatic heterocycles. The molecular weight excluding hydrogens is 212 g/mol. The van der Waals surface area contributed by atoms with Gasteiger partial charge in [0.15, 0.2) is 0 Å². The fraction of sp³-hybridized carbons (Fsp3) is 0.533. The van der Waals surface area contributed by atoms with Crippen LogP contribution in [0.5, 0.6) is 0 Å². The zero-order valence-electron chi connectivity index (χ0n) is 10.6. The van der Waals surface area contributed by atoms with Gasteiger partial charge in [-0.15, -0.1) is 0 Å². The minimum absolute atomic E-state index is 0.521. The van der Waals surface area contributed by atoms with Crippen molar-refractivity contribution in [2.45, 2.75) is 39.5 Å². The second-order valence-corrected chi connectivity index (χ2v) is 5.60. The highest BCUT2D eigenvalue weighted by Crippen LogP contribution is 2.44. The molecule has 1 aliphatic carbocycles. The SMILES string of the molecule is Cc1cccc(CC2(C(=O)O)CCC(C)C2)c1. The summed E-state index contributed by atoms with van der Waals surface area (Å²) in [6.07, 6.45) is 3.35. The third-order valence-corrected chi connectivity index (χ3v) is 3.93. The average Bonchev–Trinajstić information content (AvgIpc) is 2.61. The highest BCUT2D eigenvalue weighted by atomic mass is 16.4. The number of carboxylic acids is 1. The summed E-state index contributed by atoms with van der Waals surface area (Å²) in [5.41, 5.74) is 1.84. The standard InChI is InChI=1S/C15H20O2/c1-11-4-3-5-13(8-11)10-15(14(16)17)7-6-12(2)9-15/h3-5,8,12H,6-7,9-10H2,1-2H3,(H,16,17). The van der Waals surface area contributed by atoms with Crippen molar-refractivity contribution >= 4 is 5.97 Å². The second-order valence-electron chi connectivity index (χ2n) is 5.60. The van der Waals surface area contributed by atoms with Crippen molar-refractivity contribution < 1.29 is 9.90 Å². The summed E-state index contributed by atoms with van der Waals surface area (Å²) in [6.45, 7) is 4.20. The van der Waals surface area contributed by atoms with E-state index in [1.165, 1.54) is 5.56 Å². The summed E-state index contributed by atoms with van der Waals surface area (Å²) in [5.74, 6) is -0.0840. The van der Waals surface area contributed by atoms with Crippen LogP contribution < -0.4 is 0 Å². The first-order chi connectivity index (χ1) is 8.02. The van der Waals surface area contributed by atoms with Gasteiger partial charge >= 0.3 is 5.97 Å². The summed E-state index contributed by atoms with van der Waals surface area (Å²) < 4.78 is 0. The summed E-state index contributed by atoms with van der Waals surface area (Å²) in [6, 6.07) is 8.21. The van der Waals surface area contributed by atoms with Crippen LogP contribution in [0.4, 0.5) is 0 Å². The molecule has 1 aromatic rings. The predicted octanol–water partition coefficient (Wildman–Crippen LogP) is 3.43. The Bertz CT molecular complexity index is 425. The van der Waals surface area contributed by atoms with Crippen LogP contribution in [-0.4, -0.2) is 11.1 Å². The third kappa shape index (κ3) is 2.51. The zero-order valence-corrected chi connectivity index (χ0v) is 10.6. The van der Waals surface area contributed by atoms with E-state index < -0.39 is 11.4 Å². The first-order valence-electron chi connectivity index (χ1n) is 6.31. The lowest BCUT2D eigenvalue weighted by molar-refractivity contribution is -0.148. The second kappa shape index (κ2) is 4.52. The number of aliphatic carboxylic acids is 1. The minimum Gasteiger partial charge on any atom is -0.481 e. The Hall–Kier alpha value is -1.31. The first kappa shape index (κ1) is 12.2. The molecule has 1 aromatic carbocycles. The molecule has 2 nitrogen and oxygen atoms in total. The van der Waals surface area contributed by atoms with Crippen LogP contribution in [0.3, 0.4) is 0 Å². The van der Waals surface area contributed by atoms with Gasteiger partial charge in [-0.3, -0.25) is 4.79 Å². The molecular formula is C15H20O2. The number of aryl methyl sites for hydroxylation is 1. The zero-order chi connectivity index (χ0) is 12.5. The quantitative estimate of drug-likeness (QED) is 0.867. The van der Waals surface area contributed by atoms with Gasteiger partial charge in [0, 0.05) is 0 Å². The van der Waals surface area contributed by atoms with Gasteiger partial charge in [0.25, 0.3) is 0 Å². The first-order valence-corrected chi connectivity index (χ1v) is 6.31. The van der Waals surface area contributed by atoms with Crippen LogP contribution in [0, 0.1) is 18.3 Å². The Morgan fingerprint density at radius 3 is 2.82 bits per heavy atom. The Morgan fingerprint density at radius 1 is 1.53 bits per heavy atom. The van der Waals surface area contributed by atoms with Gasteiger partial charge in [0.05, 0.1) is 5.41 Å². The van der Waals surface area contributed by atoms with E-state index in [0.29, 0.717) is 12.3 Å². The molecule has 0 radical (unpaired) electrons. The lowest BCUT2D eigenvalue weighted by Gasteiger charge is -2.24. The van der Waals surface area contributed by atoms with Crippen molar-refractivity contribution in [2.75, 3.05) is 0 Å². The molecule has 0 heterocycles. The maximum Gasteiger partial charge on any atom is 0.309 e. The largest absolute Gasteiger partial charge is 0.481 e. The maximum absolute atomic E-state index is 11.6. The number of carbonyl (C=O) groups is 1. The molecule has 0 amide bonds. The van der Waals surface area contributed by atoms with E-state index in [1.54, 1.807) is 0 Å². The van der Waals surface area contributed by atoms with Crippen molar-refractivity contribution in [2.24, 2.45) is 11.3 Å². The van der Waals surface area contributed by atoms with E-state index in [9.17, 15) is 9.90 Å². The summed E-state index contributed by atoms with van der Waals surface area (Å²) >= 11 is 0. The summed E-state index contributed by atoms with van der Waals surface area (Å²) in [7, 11) is 0. The van der Waals surface area contributed by atoms with Crippen LogP contribution in [0.2, 0.25) is 0 Å². The highest BCUT2D eigenvalue weighted by molar-refractivity contribution is 5.75. The Balaban J connectivity index is 2.22. The van der Waals surface area contributed by atoms with Gasteiger partial charge in [-0.1, -0.05) is 36.8 Å². The van der Waals surface area contributed by atoms with Crippen molar-refractivity contribution in [1.29, 1.82) is 0 Å². The third-order valence-electron chi connectivity index (χ3n) is 3.93. The minimum atomic E-state index is -0.622. The lowest BCUT2D eigenvalue weighted by Crippen LogP contribution is -2.30. The molecule has 2 atom stereocenters. The van der Waals surface area contributed by atoms with Crippen LogP contribution in [0.25, 0.3) is 0 Å². The number of benzene rings is 1. The van der Waals surface area contributed by atoms with Crippen molar-refractivity contribution in [3.05, 3.63) is 35.4 Å². The molecule has 17 heavy (non-hydrogen) atoms. The van der Waals surface area contributed by atoms with Crippen LogP contribution in [-0.2, 0) is 11.2 Å². The van der Waals surface area contributed by atoms with Crippen molar-refractivity contribution in [3.63, 3.8) is 0 Å². The molecule has 2 heteroatoms. The fourth-order valence-corrected chi connectivity index (χ4v) is 3.04. The monoisotopic (exact) mass is 232 g/mol. The summed E-state index contributed by atoms with van der Waals surface area (Å²) in [5, 5.41) is 9.51. The lowest BCUT2D eigenvalue weighted by atomic mass is 9.79. The van der Waals surface area contributed by atoms with Gasteiger partial charge in [-0.2, -0.15) is 0 Å². The van der Waals surface area contributed by atoms with E-state index in [4.69, 9.17) is 0 Å². The van der Waals surface area contributed by atoms with E-state index in [0.717, 1.165) is 24.8 Å². The molecule has 0 bridgehead atoms. The van der Waals surface area contributed by atoms with E-state index in [-0.39, 0.29) is 0 Å². The van der Waals surface area contributed by atoms with Crippen molar-refractivity contribution in [3.8, 4) is 0 Å². The van der Waals surface area contributed by atoms with Crippen LogP contribution in [0.1, 0.15) is 37.3 Å². The van der Waals surface area contributed by atoms with E-state index >= 15 is 0 Å². The van der Waals surface area contributed by atoms with Gasteiger partial charge in [-0.25, -0.2) is 0 Å². The Morgan fingerprint density at radius 2 is 2.29 bits per heavy atom. The molecule has 1 fully saturated rings. The Kier molecular flexibility index (Phi) is 3.23. The van der Waals surface area contributed by atoms with E-state index in [2.05, 4.69) is 13.0 Å². The van der Waals surface area contributed by atoms with Gasteiger partial charge in [-0.05, 0) is 44.1 Å². The number of rotatable bonds is 3. The summed E-state index contributed by atoms with van der Waals surface area (Å²) in [4.78, 5) is 11.6.